The van der Waals surface area contributed by atoms with E-state index in [0.717, 1.165) is 35.8 Å². The topological polar surface area (TPSA) is 43.4 Å². The zero-order chi connectivity index (χ0) is 14.9. The average Bonchev–Trinajstić information content (AvgIpc) is 2.53. The smallest absolute Gasteiger partial charge is 0.132 e. The van der Waals surface area contributed by atoms with Crippen LogP contribution in [0.2, 0.25) is 0 Å². The highest BCUT2D eigenvalue weighted by Gasteiger charge is 2.04. The number of ether oxygens (including phenoxy) is 2. The molecule has 4 nitrogen and oxygen atoms in total. The molecule has 1 N–H and O–H groups in total. The number of benzene rings is 1. The second kappa shape index (κ2) is 8.15. The van der Waals surface area contributed by atoms with Crippen molar-refractivity contribution >= 4 is 5.82 Å². The van der Waals surface area contributed by atoms with E-state index in [4.69, 9.17) is 9.47 Å². The molecule has 0 unspecified atom stereocenters. The van der Waals surface area contributed by atoms with Crippen molar-refractivity contribution in [1.29, 1.82) is 0 Å². The summed E-state index contributed by atoms with van der Waals surface area (Å²) in [6, 6.07) is 11.6. The lowest BCUT2D eigenvalue weighted by Crippen LogP contribution is -2.07. The normalized spacial score (nSPS) is 10.2. The van der Waals surface area contributed by atoms with Gasteiger partial charge in [-0.05, 0) is 43.7 Å². The molecule has 1 aromatic carbocycles. The maximum Gasteiger partial charge on any atom is 0.132 e. The minimum absolute atomic E-state index is 0.494. The van der Waals surface area contributed by atoms with E-state index in [1.165, 1.54) is 0 Å². The van der Waals surface area contributed by atoms with Gasteiger partial charge in [0.15, 0.2) is 0 Å². The van der Waals surface area contributed by atoms with Crippen molar-refractivity contribution in [3.63, 3.8) is 0 Å². The SMILES string of the molecule is CCCNc1ncccc1COc1ccc(OCC)cc1. The average molecular weight is 286 g/mol. The fourth-order valence-electron chi connectivity index (χ4n) is 1.92. The van der Waals surface area contributed by atoms with Gasteiger partial charge < -0.3 is 14.8 Å². The Morgan fingerprint density at radius 2 is 1.71 bits per heavy atom. The fraction of sp³-hybridized carbons (Fsp3) is 0.353. The molecule has 112 valence electrons. The molecule has 0 radical (unpaired) electrons. The van der Waals surface area contributed by atoms with Crippen LogP contribution in [-0.4, -0.2) is 18.1 Å². The van der Waals surface area contributed by atoms with Crippen LogP contribution >= 0.6 is 0 Å². The standard InChI is InChI=1S/C17H22N2O2/c1-3-11-18-17-14(6-5-12-19-17)13-21-16-9-7-15(8-10-16)20-4-2/h5-10,12H,3-4,11,13H2,1-2H3,(H,18,19). The van der Waals surface area contributed by atoms with Gasteiger partial charge in [-0.1, -0.05) is 13.0 Å². The highest BCUT2D eigenvalue weighted by atomic mass is 16.5. The Balaban J connectivity index is 1.96. The van der Waals surface area contributed by atoms with E-state index in [2.05, 4.69) is 17.2 Å². The summed E-state index contributed by atoms with van der Waals surface area (Å²) >= 11 is 0. The Bertz CT molecular complexity index is 541. The number of hydrogen-bond donors (Lipinski definition) is 1. The number of nitrogens with one attached hydrogen (secondary N) is 1. The first-order valence-corrected chi connectivity index (χ1v) is 7.37. The van der Waals surface area contributed by atoms with Gasteiger partial charge in [0.1, 0.15) is 23.9 Å². The van der Waals surface area contributed by atoms with Crippen LogP contribution in [0.5, 0.6) is 11.5 Å². The van der Waals surface area contributed by atoms with E-state index in [9.17, 15) is 0 Å². The molecule has 0 saturated heterocycles. The van der Waals surface area contributed by atoms with Gasteiger partial charge in [0.05, 0.1) is 6.61 Å². The first kappa shape index (κ1) is 15.2. The van der Waals surface area contributed by atoms with E-state index < -0.39 is 0 Å². The zero-order valence-electron chi connectivity index (χ0n) is 12.6. The van der Waals surface area contributed by atoms with Crippen LogP contribution in [0.4, 0.5) is 5.82 Å². The third-order valence-electron chi connectivity index (χ3n) is 2.96. The summed E-state index contributed by atoms with van der Waals surface area (Å²) in [4.78, 5) is 4.36. The number of nitrogens with zero attached hydrogens (tertiary/aromatic N) is 1. The number of anilines is 1. The van der Waals surface area contributed by atoms with Gasteiger partial charge in [0.25, 0.3) is 0 Å². The van der Waals surface area contributed by atoms with Gasteiger partial charge in [-0.25, -0.2) is 4.98 Å². The molecule has 0 fully saturated rings. The summed E-state index contributed by atoms with van der Waals surface area (Å²) < 4.78 is 11.2. The predicted octanol–water partition coefficient (Wildman–Crippen LogP) is 3.88. The fourth-order valence-corrected chi connectivity index (χ4v) is 1.92. The van der Waals surface area contributed by atoms with Crippen LogP contribution in [0.1, 0.15) is 25.8 Å². The first-order valence-electron chi connectivity index (χ1n) is 7.37. The van der Waals surface area contributed by atoms with Crippen LogP contribution in [0, 0.1) is 0 Å². The summed E-state index contributed by atoms with van der Waals surface area (Å²) in [7, 11) is 0. The van der Waals surface area contributed by atoms with Crippen molar-refractivity contribution in [3.05, 3.63) is 48.2 Å². The molecule has 0 saturated carbocycles. The summed E-state index contributed by atoms with van der Waals surface area (Å²) in [6.07, 6.45) is 2.86. The van der Waals surface area contributed by atoms with Gasteiger partial charge in [-0.2, -0.15) is 0 Å². The van der Waals surface area contributed by atoms with Crippen molar-refractivity contribution in [2.24, 2.45) is 0 Å². The van der Waals surface area contributed by atoms with Gasteiger partial charge in [0.2, 0.25) is 0 Å². The highest BCUT2D eigenvalue weighted by Crippen LogP contribution is 2.20. The van der Waals surface area contributed by atoms with E-state index in [1.54, 1.807) is 6.20 Å². The summed E-state index contributed by atoms with van der Waals surface area (Å²) in [5.41, 5.74) is 1.06. The molecule has 0 atom stereocenters. The van der Waals surface area contributed by atoms with Gasteiger partial charge in [-0.15, -0.1) is 0 Å². The van der Waals surface area contributed by atoms with Crippen molar-refractivity contribution in [2.75, 3.05) is 18.5 Å². The lowest BCUT2D eigenvalue weighted by Gasteiger charge is -2.11. The zero-order valence-corrected chi connectivity index (χ0v) is 12.6. The molecule has 1 heterocycles. The molecular formula is C17H22N2O2. The largest absolute Gasteiger partial charge is 0.494 e. The minimum atomic E-state index is 0.494. The van der Waals surface area contributed by atoms with Gasteiger partial charge in [0, 0.05) is 18.3 Å². The molecule has 0 aliphatic heterocycles. The van der Waals surface area contributed by atoms with Crippen molar-refractivity contribution in [2.45, 2.75) is 26.9 Å². The van der Waals surface area contributed by atoms with Crippen LogP contribution in [0.15, 0.2) is 42.6 Å². The lowest BCUT2D eigenvalue weighted by atomic mass is 10.2. The highest BCUT2D eigenvalue weighted by molar-refractivity contribution is 5.43. The van der Waals surface area contributed by atoms with Gasteiger partial charge >= 0.3 is 0 Å². The van der Waals surface area contributed by atoms with Crippen LogP contribution < -0.4 is 14.8 Å². The third-order valence-corrected chi connectivity index (χ3v) is 2.96. The van der Waals surface area contributed by atoms with E-state index >= 15 is 0 Å². The molecule has 4 heteroatoms. The van der Waals surface area contributed by atoms with Crippen molar-refractivity contribution in [1.82, 2.24) is 4.98 Å². The Hall–Kier alpha value is -2.23. The van der Waals surface area contributed by atoms with Crippen molar-refractivity contribution < 1.29 is 9.47 Å². The van der Waals surface area contributed by atoms with E-state index in [1.807, 2.05) is 43.3 Å². The number of rotatable bonds is 8. The molecule has 2 aromatic rings. The molecule has 1 aromatic heterocycles. The number of hydrogen-bond acceptors (Lipinski definition) is 4. The van der Waals surface area contributed by atoms with Crippen LogP contribution in [-0.2, 0) is 6.61 Å². The second-order valence-electron chi connectivity index (χ2n) is 4.63. The maximum atomic E-state index is 5.81. The molecule has 0 aliphatic rings. The molecule has 2 rings (SSSR count). The van der Waals surface area contributed by atoms with Crippen molar-refractivity contribution in [3.8, 4) is 11.5 Å². The van der Waals surface area contributed by atoms with Crippen LogP contribution in [0.3, 0.4) is 0 Å². The lowest BCUT2D eigenvalue weighted by molar-refractivity contribution is 0.304. The molecule has 0 amide bonds. The molecule has 0 spiro atoms. The quantitative estimate of drug-likeness (QED) is 0.799. The molecule has 0 bridgehead atoms. The summed E-state index contributed by atoms with van der Waals surface area (Å²) in [5, 5.41) is 3.31. The summed E-state index contributed by atoms with van der Waals surface area (Å²) in [5.74, 6) is 2.57. The number of pyridine rings is 1. The Morgan fingerprint density at radius 1 is 1.00 bits per heavy atom. The third kappa shape index (κ3) is 4.67. The minimum Gasteiger partial charge on any atom is -0.494 e. The summed E-state index contributed by atoms with van der Waals surface area (Å²) in [6.45, 7) is 6.17. The van der Waals surface area contributed by atoms with E-state index in [0.29, 0.717) is 13.2 Å². The van der Waals surface area contributed by atoms with Gasteiger partial charge in [-0.3, -0.25) is 0 Å². The monoisotopic (exact) mass is 286 g/mol. The Labute approximate surface area is 126 Å². The predicted molar refractivity (Wildman–Crippen MR) is 85.0 cm³/mol. The number of aromatic nitrogens is 1. The van der Waals surface area contributed by atoms with Crippen LogP contribution in [0.25, 0.3) is 0 Å². The molecule has 21 heavy (non-hydrogen) atoms. The van der Waals surface area contributed by atoms with E-state index in [-0.39, 0.29) is 0 Å². The molecule has 0 aliphatic carbocycles. The molecular weight excluding hydrogens is 264 g/mol. The maximum absolute atomic E-state index is 5.81. The first-order chi connectivity index (χ1) is 10.3. The second-order valence-corrected chi connectivity index (χ2v) is 4.63. The Morgan fingerprint density at radius 3 is 2.38 bits per heavy atom. The Kier molecular flexibility index (Phi) is 5.88.